The van der Waals surface area contributed by atoms with Gasteiger partial charge in [-0.2, -0.15) is 0 Å². The van der Waals surface area contributed by atoms with Crippen molar-refractivity contribution in [1.29, 1.82) is 0 Å². The Morgan fingerprint density at radius 1 is 1.20 bits per heavy atom. The number of halogens is 3. The number of nitro groups is 1. The number of carbonyl (C=O) groups is 1. The van der Waals surface area contributed by atoms with Crippen LogP contribution in [0.15, 0.2) is 41.6 Å². The summed E-state index contributed by atoms with van der Waals surface area (Å²) in [5.41, 5.74) is 0.616. The molecule has 1 aromatic heterocycles. The van der Waals surface area contributed by atoms with Crippen LogP contribution < -0.4 is 11.2 Å². The summed E-state index contributed by atoms with van der Waals surface area (Å²) in [4.78, 5) is 22.7. The van der Waals surface area contributed by atoms with E-state index in [0.717, 1.165) is 17.8 Å². The van der Waals surface area contributed by atoms with Crippen LogP contribution in [-0.2, 0) is 4.79 Å². The molecule has 0 aliphatic rings. The van der Waals surface area contributed by atoms with Gasteiger partial charge in [0.2, 0.25) is 11.1 Å². The number of hydrogen-bond donors (Lipinski definition) is 2. The quantitative estimate of drug-likeness (QED) is 0.224. The van der Waals surface area contributed by atoms with E-state index in [1.807, 2.05) is 0 Å². The average molecular weight is 488 g/mol. The molecule has 0 radical (unpaired) electrons. The number of amides is 1. The van der Waals surface area contributed by atoms with Gasteiger partial charge in [-0.3, -0.25) is 14.9 Å². The number of non-ortho nitro benzene ring substituents is 1. The van der Waals surface area contributed by atoms with Crippen LogP contribution in [0, 0.1) is 10.1 Å². The first-order valence-electron chi connectivity index (χ1n) is 8.24. The second kappa shape index (κ2) is 9.09. The number of thioether (sulfide) groups is 1. The Kier molecular flexibility index (Phi) is 6.71. The summed E-state index contributed by atoms with van der Waals surface area (Å²) in [6.45, 7) is 1.64. The molecule has 1 amide bonds. The molecular formula is C17H13Cl3N6O3S. The van der Waals surface area contributed by atoms with E-state index < -0.39 is 16.1 Å². The maximum absolute atomic E-state index is 12.5. The van der Waals surface area contributed by atoms with Gasteiger partial charge in [0.1, 0.15) is 0 Å². The largest absolute Gasteiger partial charge is 0.335 e. The zero-order valence-electron chi connectivity index (χ0n) is 15.2. The van der Waals surface area contributed by atoms with Crippen LogP contribution >= 0.6 is 46.6 Å². The van der Waals surface area contributed by atoms with E-state index >= 15 is 0 Å². The van der Waals surface area contributed by atoms with Crippen molar-refractivity contribution in [2.24, 2.45) is 0 Å². The van der Waals surface area contributed by atoms with Crippen LogP contribution in [0.3, 0.4) is 0 Å². The molecule has 1 atom stereocenters. The third-order valence-electron chi connectivity index (χ3n) is 3.91. The molecule has 0 saturated heterocycles. The number of nitro benzene ring substituents is 1. The number of nitrogens with two attached hydrogens (primary N) is 1. The first kappa shape index (κ1) is 22.2. The standard InChI is InChI=1S/C17H13Cl3N6O3S/c1-8(16(27)22-14-5-3-10(26(28)29)7-13(14)20)30-17-24-23-15(25(17)21)11-4-2-9(18)6-12(11)19/h2-8H,21H2,1H3,(H,22,27). The van der Waals surface area contributed by atoms with Gasteiger partial charge in [0.05, 0.1) is 25.9 Å². The molecule has 9 nitrogen and oxygen atoms in total. The lowest BCUT2D eigenvalue weighted by Gasteiger charge is -2.12. The Morgan fingerprint density at radius 2 is 1.93 bits per heavy atom. The number of anilines is 1. The number of nitrogens with one attached hydrogen (secondary N) is 1. The van der Waals surface area contributed by atoms with Crippen LogP contribution in [0.1, 0.15) is 6.92 Å². The smallest absolute Gasteiger partial charge is 0.271 e. The fourth-order valence-corrected chi connectivity index (χ4v) is 3.86. The number of hydrogen-bond acceptors (Lipinski definition) is 7. The summed E-state index contributed by atoms with van der Waals surface area (Å²) < 4.78 is 1.22. The molecule has 0 saturated carbocycles. The lowest BCUT2D eigenvalue weighted by atomic mass is 10.2. The molecule has 0 bridgehead atoms. The molecule has 0 aliphatic heterocycles. The highest BCUT2D eigenvalue weighted by Crippen LogP contribution is 2.32. The van der Waals surface area contributed by atoms with Crippen molar-refractivity contribution in [3.05, 3.63) is 61.6 Å². The number of benzene rings is 2. The van der Waals surface area contributed by atoms with Gasteiger partial charge >= 0.3 is 0 Å². The van der Waals surface area contributed by atoms with Gasteiger partial charge in [-0.1, -0.05) is 46.6 Å². The minimum atomic E-state index is -0.628. The lowest BCUT2D eigenvalue weighted by molar-refractivity contribution is -0.384. The molecule has 0 fully saturated rings. The molecule has 1 heterocycles. The van der Waals surface area contributed by atoms with Gasteiger partial charge in [-0.25, -0.2) is 4.68 Å². The topological polar surface area (TPSA) is 129 Å². The van der Waals surface area contributed by atoms with Crippen molar-refractivity contribution < 1.29 is 9.72 Å². The van der Waals surface area contributed by atoms with Crippen molar-refractivity contribution in [3.8, 4) is 11.4 Å². The molecule has 0 spiro atoms. The molecule has 3 aromatic rings. The van der Waals surface area contributed by atoms with E-state index in [0.29, 0.717) is 21.4 Å². The number of aromatic nitrogens is 3. The fourth-order valence-electron chi connectivity index (χ4n) is 2.38. The van der Waals surface area contributed by atoms with E-state index in [1.165, 1.54) is 16.8 Å². The Bertz CT molecular complexity index is 1140. The average Bonchev–Trinajstić information content (AvgIpc) is 3.03. The normalized spacial score (nSPS) is 11.9. The highest BCUT2D eigenvalue weighted by molar-refractivity contribution is 8.00. The van der Waals surface area contributed by atoms with Gasteiger partial charge in [0.25, 0.3) is 5.69 Å². The van der Waals surface area contributed by atoms with Crippen LogP contribution in [0.5, 0.6) is 0 Å². The molecule has 3 N–H and O–H groups in total. The Balaban J connectivity index is 1.73. The van der Waals surface area contributed by atoms with Crippen molar-refractivity contribution >= 4 is 63.8 Å². The van der Waals surface area contributed by atoms with Crippen molar-refractivity contribution in [3.63, 3.8) is 0 Å². The van der Waals surface area contributed by atoms with Crippen molar-refractivity contribution in [1.82, 2.24) is 14.9 Å². The highest BCUT2D eigenvalue weighted by atomic mass is 35.5. The van der Waals surface area contributed by atoms with Crippen LogP contribution in [0.25, 0.3) is 11.4 Å². The van der Waals surface area contributed by atoms with Gasteiger partial charge in [0.15, 0.2) is 5.82 Å². The van der Waals surface area contributed by atoms with Gasteiger partial charge in [-0.05, 0) is 31.2 Å². The molecule has 1 unspecified atom stereocenters. The molecule has 2 aromatic carbocycles. The highest BCUT2D eigenvalue weighted by Gasteiger charge is 2.22. The summed E-state index contributed by atoms with van der Waals surface area (Å²) in [5, 5.41) is 22.0. The minimum absolute atomic E-state index is 0.0522. The summed E-state index contributed by atoms with van der Waals surface area (Å²) in [7, 11) is 0. The molecule has 3 rings (SSSR count). The minimum Gasteiger partial charge on any atom is -0.335 e. The summed E-state index contributed by atoms with van der Waals surface area (Å²) in [6, 6.07) is 8.64. The van der Waals surface area contributed by atoms with E-state index in [-0.39, 0.29) is 21.6 Å². The summed E-state index contributed by atoms with van der Waals surface area (Å²) in [6.07, 6.45) is 0. The Morgan fingerprint density at radius 3 is 2.57 bits per heavy atom. The van der Waals surface area contributed by atoms with Crippen LogP contribution in [0.4, 0.5) is 11.4 Å². The fraction of sp³-hybridized carbons (Fsp3) is 0.118. The molecule has 0 aliphatic carbocycles. The summed E-state index contributed by atoms with van der Waals surface area (Å²) in [5.74, 6) is 5.99. The van der Waals surface area contributed by atoms with E-state index in [2.05, 4.69) is 15.5 Å². The van der Waals surface area contributed by atoms with Crippen LogP contribution in [-0.4, -0.2) is 31.0 Å². The van der Waals surface area contributed by atoms with Gasteiger partial charge < -0.3 is 11.2 Å². The second-order valence-electron chi connectivity index (χ2n) is 5.97. The number of rotatable bonds is 6. The number of nitrogens with zero attached hydrogens (tertiary/aromatic N) is 4. The predicted molar refractivity (Wildman–Crippen MR) is 118 cm³/mol. The predicted octanol–water partition coefficient (Wildman–Crippen LogP) is 4.65. The first-order chi connectivity index (χ1) is 14.2. The Hall–Kier alpha value is -2.53. The van der Waals surface area contributed by atoms with Crippen LogP contribution in [0.2, 0.25) is 15.1 Å². The number of carbonyl (C=O) groups excluding carboxylic acids is 1. The lowest BCUT2D eigenvalue weighted by Crippen LogP contribution is -2.23. The van der Waals surface area contributed by atoms with Crippen molar-refractivity contribution in [2.45, 2.75) is 17.3 Å². The molecule has 13 heteroatoms. The van der Waals surface area contributed by atoms with E-state index in [1.54, 1.807) is 25.1 Å². The zero-order chi connectivity index (χ0) is 22.0. The SMILES string of the molecule is CC(Sc1nnc(-c2ccc(Cl)cc2Cl)n1N)C(=O)Nc1ccc([N+](=O)[O-])cc1Cl. The van der Waals surface area contributed by atoms with Gasteiger partial charge in [-0.15, -0.1) is 10.2 Å². The molecule has 156 valence electrons. The van der Waals surface area contributed by atoms with Crippen molar-refractivity contribution in [2.75, 3.05) is 11.2 Å². The third kappa shape index (κ3) is 4.78. The maximum Gasteiger partial charge on any atom is 0.271 e. The third-order valence-corrected chi connectivity index (χ3v) is 5.83. The number of nitrogen functional groups attached to an aromatic ring is 1. The second-order valence-corrected chi connectivity index (χ2v) is 8.53. The maximum atomic E-state index is 12.5. The molecule has 30 heavy (non-hydrogen) atoms. The zero-order valence-corrected chi connectivity index (χ0v) is 18.3. The Labute approximate surface area is 189 Å². The van der Waals surface area contributed by atoms with E-state index in [4.69, 9.17) is 40.6 Å². The van der Waals surface area contributed by atoms with Gasteiger partial charge in [0, 0.05) is 22.7 Å². The first-order valence-corrected chi connectivity index (χ1v) is 10.3. The molecular weight excluding hydrogens is 475 g/mol. The summed E-state index contributed by atoms with van der Waals surface area (Å²) >= 11 is 19.2. The monoisotopic (exact) mass is 486 g/mol. The van der Waals surface area contributed by atoms with E-state index in [9.17, 15) is 14.9 Å².